The Morgan fingerprint density at radius 1 is 1.24 bits per heavy atom. The SMILES string of the molecule is Cc1ccc(S(=O)(=O)NCC2CCC(C)CC2)cc1CO. The van der Waals surface area contributed by atoms with Gasteiger partial charge in [0.25, 0.3) is 0 Å². The predicted octanol–water partition coefficient (Wildman–Crippen LogP) is 2.59. The average molecular weight is 311 g/mol. The van der Waals surface area contributed by atoms with Crippen LogP contribution in [0.4, 0.5) is 0 Å². The number of hydrogen-bond acceptors (Lipinski definition) is 3. The first-order chi connectivity index (χ1) is 9.92. The van der Waals surface area contributed by atoms with Gasteiger partial charge in [0.15, 0.2) is 0 Å². The number of benzene rings is 1. The van der Waals surface area contributed by atoms with Crippen molar-refractivity contribution >= 4 is 10.0 Å². The molecule has 0 amide bonds. The first-order valence-electron chi connectivity index (χ1n) is 7.62. The molecule has 1 aliphatic rings. The molecule has 1 aromatic rings. The molecule has 1 aromatic carbocycles. The Hall–Kier alpha value is -0.910. The highest BCUT2D eigenvalue weighted by atomic mass is 32.2. The molecule has 0 aliphatic heterocycles. The van der Waals surface area contributed by atoms with Gasteiger partial charge in [0.05, 0.1) is 11.5 Å². The smallest absolute Gasteiger partial charge is 0.240 e. The molecule has 0 heterocycles. The summed E-state index contributed by atoms with van der Waals surface area (Å²) in [6.45, 7) is 4.48. The van der Waals surface area contributed by atoms with E-state index in [0.29, 0.717) is 18.0 Å². The Kier molecular flexibility index (Phi) is 5.41. The summed E-state index contributed by atoms with van der Waals surface area (Å²) >= 11 is 0. The summed E-state index contributed by atoms with van der Waals surface area (Å²) in [6, 6.07) is 4.89. The van der Waals surface area contributed by atoms with Crippen molar-refractivity contribution in [1.82, 2.24) is 4.72 Å². The molecule has 1 saturated carbocycles. The molecule has 0 spiro atoms. The zero-order valence-corrected chi connectivity index (χ0v) is 13.6. The number of aryl methyl sites for hydroxylation is 1. The molecule has 21 heavy (non-hydrogen) atoms. The Morgan fingerprint density at radius 2 is 1.90 bits per heavy atom. The maximum atomic E-state index is 12.3. The largest absolute Gasteiger partial charge is 0.392 e. The van der Waals surface area contributed by atoms with Crippen LogP contribution in [-0.4, -0.2) is 20.1 Å². The van der Waals surface area contributed by atoms with E-state index >= 15 is 0 Å². The zero-order valence-electron chi connectivity index (χ0n) is 12.8. The molecule has 0 atom stereocenters. The second-order valence-corrected chi connectivity index (χ2v) is 7.99. The lowest BCUT2D eigenvalue weighted by molar-refractivity contribution is 0.280. The van der Waals surface area contributed by atoms with Gasteiger partial charge in [0.2, 0.25) is 10.0 Å². The van der Waals surface area contributed by atoms with Gasteiger partial charge in [0.1, 0.15) is 0 Å². The molecule has 0 radical (unpaired) electrons. The van der Waals surface area contributed by atoms with Crippen LogP contribution in [0.1, 0.15) is 43.7 Å². The molecule has 4 nitrogen and oxygen atoms in total. The van der Waals surface area contributed by atoms with Gasteiger partial charge >= 0.3 is 0 Å². The fourth-order valence-electron chi connectivity index (χ4n) is 2.83. The van der Waals surface area contributed by atoms with Gasteiger partial charge < -0.3 is 5.11 Å². The molecule has 0 aromatic heterocycles. The van der Waals surface area contributed by atoms with Gasteiger partial charge in [-0.3, -0.25) is 0 Å². The van der Waals surface area contributed by atoms with Crippen LogP contribution in [-0.2, 0) is 16.6 Å². The van der Waals surface area contributed by atoms with Gasteiger partial charge in [-0.25, -0.2) is 13.1 Å². The number of hydrogen-bond donors (Lipinski definition) is 2. The van der Waals surface area contributed by atoms with E-state index < -0.39 is 10.0 Å². The lowest BCUT2D eigenvalue weighted by Crippen LogP contribution is -2.31. The van der Waals surface area contributed by atoms with Crippen molar-refractivity contribution < 1.29 is 13.5 Å². The summed E-state index contributed by atoms with van der Waals surface area (Å²) in [5.74, 6) is 1.21. The van der Waals surface area contributed by atoms with Crippen molar-refractivity contribution in [3.8, 4) is 0 Å². The van der Waals surface area contributed by atoms with Crippen LogP contribution in [0.15, 0.2) is 23.1 Å². The minimum atomic E-state index is -3.48. The van der Waals surface area contributed by atoms with E-state index in [2.05, 4.69) is 11.6 Å². The Morgan fingerprint density at radius 3 is 2.52 bits per heavy atom. The standard InChI is InChI=1S/C16H25NO3S/c1-12-3-6-14(7-4-12)10-17-21(19,20)16-8-5-13(2)15(9-16)11-18/h5,8-9,12,14,17-18H,3-4,6-7,10-11H2,1-2H3. The maximum absolute atomic E-state index is 12.3. The molecular weight excluding hydrogens is 286 g/mol. The molecule has 5 heteroatoms. The number of sulfonamides is 1. The molecule has 0 saturated heterocycles. The summed E-state index contributed by atoms with van der Waals surface area (Å²) in [4.78, 5) is 0.237. The van der Waals surface area contributed by atoms with E-state index in [0.717, 1.165) is 24.3 Å². The first kappa shape index (κ1) is 16.5. The van der Waals surface area contributed by atoms with Crippen molar-refractivity contribution in [2.24, 2.45) is 11.8 Å². The third kappa shape index (κ3) is 4.28. The highest BCUT2D eigenvalue weighted by Crippen LogP contribution is 2.28. The van der Waals surface area contributed by atoms with Gasteiger partial charge in [-0.1, -0.05) is 25.8 Å². The van der Waals surface area contributed by atoms with Crippen molar-refractivity contribution in [2.75, 3.05) is 6.54 Å². The number of nitrogens with one attached hydrogen (secondary N) is 1. The summed E-state index contributed by atoms with van der Waals surface area (Å²) in [5.41, 5.74) is 1.56. The van der Waals surface area contributed by atoms with Gasteiger partial charge in [-0.15, -0.1) is 0 Å². The van der Waals surface area contributed by atoms with Crippen LogP contribution in [0.5, 0.6) is 0 Å². The highest BCUT2D eigenvalue weighted by molar-refractivity contribution is 7.89. The van der Waals surface area contributed by atoms with E-state index in [1.165, 1.54) is 12.8 Å². The highest BCUT2D eigenvalue weighted by Gasteiger charge is 2.21. The van der Waals surface area contributed by atoms with Gasteiger partial charge in [-0.2, -0.15) is 0 Å². The van der Waals surface area contributed by atoms with E-state index in [9.17, 15) is 13.5 Å². The minimum Gasteiger partial charge on any atom is -0.392 e. The molecular formula is C16H25NO3S. The van der Waals surface area contributed by atoms with E-state index in [1.807, 2.05) is 6.92 Å². The Balaban J connectivity index is 2.01. The number of aliphatic hydroxyl groups excluding tert-OH is 1. The third-order valence-electron chi connectivity index (χ3n) is 4.50. The van der Waals surface area contributed by atoms with Crippen molar-refractivity contribution in [2.45, 2.75) is 51.0 Å². The van der Waals surface area contributed by atoms with Crippen molar-refractivity contribution in [1.29, 1.82) is 0 Å². The van der Waals surface area contributed by atoms with E-state index in [1.54, 1.807) is 18.2 Å². The second kappa shape index (κ2) is 6.90. The normalized spacial score (nSPS) is 23.2. The minimum absolute atomic E-state index is 0.143. The number of rotatable bonds is 5. The van der Waals surface area contributed by atoms with Crippen LogP contribution >= 0.6 is 0 Å². The lowest BCUT2D eigenvalue weighted by atomic mass is 9.83. The lowest BCUT2D eigenvalue weighted by Gasteiger charge is -2.26. The summed E-state index contributed by atoms with van der Waals surface area (Å²) < 4.78 is 27.4. The molecule has 2 rings (SSSR count). The molecule has 0 unspecified atom stereocenters. The Bertz CT molecular complexity index is 575. The second-order valence-electron chi connectivity index (χ2n) is 6.22. The molecule has 1 aliphatic carbocycles. The molecule has 2 N–H and O–H groups in total. The molecule has 0 bridgehead atoms. The average Bonchev–Trinajstić information content (AvgIpc) is 2.47. The van der Waals surface area contributed by atoms with Crippen molar-refractivity contribution in [3.63, 3.8) is 0 Å². The summed E-state index contributed by atoms with van der Waals surface area (Å²) in [5, 5.41) is 9.25. The maximum Gasteiger partial charge on any atom is 0.240 e. The van der Waals surface area contributed by atoms with E-state index in [-0.39, 0.29) is 11.5 Å². The summed E-state index contributed by atoms with van der Waals surface area (Å²) in [6.07, 6.45) is 4.57. The van der Waals surface area contributed by atoms with Crippen LogP contribution < -0.4 is 4.72 Å². The van der Waals surface area contributed by atoms with Crippen LogP contribution in [0.25, 0.3) is 0 Å². The van der Waals surface area contributed by atoms with Gasteiger partial charge in [-0.05, 0) is 54.9 Å². The van der Waals surface area contributed by atoms with Crippen LogP contribution in [0, 0.1) is 18.8 Å². The monoisotopic (exact) mass is 311 g/mol. The molecule has 1 fully saturated rings. The third-order valence-corrected chi connectivity index (χ3v) is 5.92. The van der Waals surface area contributed by atoms with Crippen LogP contribution in [0.2, 0.25) is 0 Å². The summed E-state index contributed by atoms with van der Waals surface area (Å²) in [7, 11) is -3.48. The quantitative estimate of drug-likeness (QED) is 0.878. The van der Waals surface area contributed by atoms with Crippen molar-refractivity contribution in [3.05, 3.63) is 29.3 Å². The first-order valence-corrected chi connectivity index (χ1v) is 9.10. The number of aliphatic hydroxyl groups is 1. The zero-order chi connectivity index (χ0) is 15.5. The fraction of sp³-hybridized carbons (Fsp3) is 0.625. The molecule has 118 valence electrons. The Labute approximate surface area is 127 Å². The van der Waals surface area contributed by atoms with Crippen LogP contribution in [0.3, 0.4) is 0 Å². The fourth-order valence-corrected chi connectivity index (χ4v) is 4.00. The van der Waals surface area contributed by atoms with E-state index in [4.69, 9.17) is 0 Å². The topological polar surface area (TPSA) is 66.4 Å². The predicted molar refractivity (Wildman–Crippen MR) is 83.4 cm³/mol. The van der Waals surface area contributed by atoms with Gasteiger partial charge in [0, 0.05) is 6.54 Å².